The van der Waals surface area contributed by atoms with Gasteiger partial charge in [0.2, 0.25) is 10.0 Å². The molecular weight excluding hydrogens is 348 g/mol. The molecule has 5 nitrogen and oxygen atoms in total. The first-order valence-electron chi connectivity index (χ1n) is 8.89. The van der Waals surface area contributed by atoms with E-state index in [9.17, 15) is 13.2 Å². The first-order chi connectivity index (χ1) is 12.4. The van der Waals surface area contributed by atoms with E-state index in [2.05, 4.69) is 17.4 Å². The van der Waals surface area contributed by atoms with Gasteiger partial charge in [0.1, 0.15) is 0 Å². The average Bonchev–Trinajstić information content (AvgIpc) is 2.99. The maximum atomic E-state index is 12.7. The summed E-state index contributed by atoms with van der Waals surface area (Å²) < 4.78 is 24.9. The number of nitrogens with zero attached hydrogens (tertiary/aromatic N) is 1. The van der Waals surface area contributed by atoms with Gasteiger partial charge in [-0.2, -0.15) is 0 Å². The van der Waals surface area contributed by atoms with Crippen LogP contribution < -0.4 is 5.32 Å². The molecule has 0 unspecified atom stereocenters. The summed E-state index contributed by atoms with van der Waals surface area (Å²) in [7, 11) is -3.22. The SMILES string of the molecule is CS(=O)(=O)N1CCC[C@H](NC(=O)c2ccc3c(c2)Cc2ccccc2-3)C1. The second kappa shape index (κ2) is 6.52. The van der Waals surface area contributed by atoms with Crippen LogP contribution in [0, 0.1) is 0 Å². The molecule has 1 heterocycles. The van der Waals surface area contributed by atoms with Gasteiger partial charge in [0, 0.05) is 24.7 Å². The lowest BCUT2D eigenvalue weighted by atomic mass is 10.0. The number of carbonyl (C=O) groups is 1. The van der Waals surface area contributed by atoms with Gasteiger partial charge in [-0.05, 0) is 53.6 Å². The molecule has 2 aromatic rings. The maximum absolute atomic E-state index is 12.7. The molecule has 2 aliphatic rings. The Morgan fingerprint density at radius 1 is 1.12 bits per heavy atom. The first kappa shape index (κ1) is 17.2. The standard InChI is InChI=1S/C20H22N2O3S/c1-26(24,25)22-10-4-6-17(13-22)21-20(23)15-8-9-19-16(12-15)11-14-5-2-3-7-18(14)19/h2-3,5,7-9,12,17H,4,6,10-11,13H2,1H3,(H,21,23)/t17-/m0/s1. The van der Waals surface area contributed by atoms with Crippen molar-refractivity contribution >= 4 is 15.9 Å². The fourth-order valence-corrected chi connectivity index (χ4v) is 4.83. The van der Waals surface area contributed by atoms with E-state index in [0.717, 1.165) is 19.3 Å². The minimum absolute atomic E-state index is 0.135. The van der Waals surface area contributed by atoms with Gasteiger partial charge in [-0.3, -0.25) is 4.79 Å². The highest BCUT2D eigenvalue weighted by atomic mass is 32.2. The molecule has 6 heteroatoms. The smallest absolute Gasteiger partial charge is 0.251 e. The molecule has 0 aromatic heterocycles. The predicted molar refractivity (Wildman–Crippen MR) is 102 cm³/mol. The van der Waals surface area contributed by atoms with E-state index in [1.54, 1.807) is 0 Å². The Bertz CT molecular complexity index is 969. The third-order valence-corrected chi connectivity index (χ3v) is 6.51. The normalized spacial score (nSPS) is 19.7. The van der Waals surface area contributed by atoms with Crippen LogP contribution in [0.2, 0.25) is 0 Å². The summed E-state index contributed by atoms with van der Waals surface area (Å²) in [6.07, 6.45) is 3.62. The molecule has 0 radical (unpaired) electrons. The second-order valence-corrected chi connectivity index (χ2v) is 9.12. The zero-order chi connectivity index (χ0) is 18.3. The van der Waals surface area contributed by atoms with Crippen molar-refractivity contribution < 1.29 is 13.2 Å². The van der Waals surface area contributed by atoms with Crippen molar-refractivity contribution in [2.75, 3.05) is 19.3 Å². The van der Waals surface area contributed by atoms with Crippen molar-refractivity contribution in [3.05, 3.63) is 59.2 Å². The molecule has 136 valence electrons. The highest BCUT2D eigenvalue weighted by Gasteiger charge is 2.27. The second-order valence-electron chi connectivity index (χ2n) is 7.14. The number of nitrogens with one attached hydrogen (secondary N) is 1. The lowest BCUT2D eigenvalue weighted by Crippen LogP contribution is -2.49. The lowest BCUT2D eigenvalue weighted by molar-refractivity contribution is 0.0921. The number of benzene rings is 2. The summed E-state index contributed by atoms with van der Waals surface area (Å²) in [5.74, 6) is -0.135. The molecule has 0 saturated carbocycles. The van der Waals surface area contributed by atoms with Crippen LogP contribution in [0.1, 0.15) is 34.3 Å². The zero-order valence-electron chi connectivity index (χ0n) is 14.7. The van der Waals surface area contributed by atoms with E-state index >= 15 is 0 Å². The van der Waals surface area contributed by atoms with E-state index in [1.807, 2.05) is 30.3 Å². The number of sulfonamides is 1. The third-order valence-electron chi connectivity index (χ3n) is 5.24. The lowest BCUT2D eigenvalue weighted by Gasteiger charge is -2.31. The molecule has 1 fully saturated rings. The van der Waals surface area contributed by atoms with Gasteiger partial charge in [0.15, 0.2) is 0 Å². The minimum Gasteiger partial charge on any atom is -0.348 e. The van der Waals surface area contributed by atoms with E-state index < -0.39 is 10.0 Å². The van der Waals surface area contributed by atoms with Crippen LogP contribution in [-0.2, 0) is 16.4 Å². The Kier molecular flexibility index (Phi) is 4.32. The molecule has 1 aliphatic carbocycles. The van der Waals surface area contributed by atoms with Crippen molar-refractivity contribution in [3.63, 3.8) is 0 Å². The molecule has 4 rings (SSSR count). The highest BCUT2D eigenvalue weighted by molar-refractivity contribution is 7.88. The number of amides is 1. The maximum Gasteiger partial charge on any atom is 0.251 e. The van der Waals surface area contributed by atoms with Crippen molar-refractivity contribution in [1.29, 1.82) is 0 Å². The summed E-state index contributed by atoms with van der Waals surface area (Å²) in [6.45, 7) is 0.878. The van der Waals surface area contributed by atoms with E-state index in [-0.39, 0.29) is 11.9 Å². The van der Waals surface area contributed by atoms with Gasteiger partial charge in [-0.1, -0.05) is 30.3 Å². The number of fused-ring (bicyclic) bond motifs is 3. The Morgan fingerprint density at radius 3 is 2.69 bits per heavy atom. The van der Waals surface area contributed by atoms with Gasteiger partial charge >= 0.3 is 0 Å². The van der Waals surface area contributed by atoms with Crippen LogP contribution in [-0.4, -0.2) is 44.0 Å². The van der Waals surface area contributed by atoms with Crippen molar-refractivity contribution in [2.24, 2.45) is 0 Å². The summed E-state index contributed by atoms with van der Waals surface area (Å²) in [5, 5.41) is 3.00. The van der Waals surface area contributed by atoms with E-state index in [0.29, 0.717) is 18.7 Å². The fraction of sp³-hybridized carbons (Fsp3) is 0.350. The third kappa shape index (κ3) is 3.27. The van der Waals surface area contributed by atoms with Crippen molar-refractivity contribution in [1.82, 2.24) is 9.62 Å². The molecule has 1 aliphatic heterocycles. The average molecular weight is 370 g/mol. The number of rotatable bonds is 3. The number of hydrogen-bond donors (Lipinski definition) is 1. The largest absolute Gasteiger partial charge is 0.348 e. The molecule has 1 N–H and O–H groups in total. The van der Waals surface area contributed by atoms with Crippen LogP contribution in [0.25, 0.3) is 11.1 Å². The van der Waals surface area contributed by atoms with Gasteiger partial charge in [-0.25, -0.2) is 12.7 Å². The number of piperidine rings is 1. The van der Waals surface area contributed by atoms with Crippen molar-refractivity contribution in [2.45, 2.75) is 25.3 Å². The van der Waals surface area contributed by atoms with Gasteiger partial charge in [0.25, 0.3) is 5.91 Å². The molecule has 0 bridgehead atoms. The molecule has 1 saturated heterocycles. The molecule has 1 atom stereocenters. The van der Waals surface area contributed by atoms with Gasteiger partial charge in [0.05, 0.1) is 6.26 Å². The van der Waals surface area contributed by atoms with Crippen LogP contribution in [0.5, 0.6) is 0 Å². The Labute approximate surface area is 154 Å². The summed E-state index contributed by atoms with van der Waals surface area (Å²) >= 11 is 0. The summed E-state index contributed by atoms with van der Waals surface area (Å²) in [5.41, 5.74) is 5.52. The van der Waals surface area contributed by atoms with Gasteiger partial charge in [-0.15, -0.1) is 0 Å². The quantitative estimate of drug-likeness (QED) is 0.770. The van der Waals surface area contributed by atoms with Crippen LogP contribution >= 0.6 is 0 Å². The molecule has 0 spiro atoms. The number of carbonyl (C=O) groups excluding carboxylic acids is 1. The topological polar surface area (TPSA) is 66.5 Å². The predicted octanol–water partition coefficient (Wildman–Crippen LogP) is 2.41. The monoisotopic (exact) mass is 370 g/mol. The van der Waals surface area contributed by atoms with Crippen LogP contribution in [0.4, 0.5) is 0 Å². The first-order valence-corrected chi connectivity index (χ1v) is 10.7. The highest BCUT2D eigenvalue weighted by Crippen LogP contribution is 2.36. The minimum atomic E-state index is -3.22. The molecular formula is C20H22N2O3S. The Morgan fingerprint density at radius 2 is 1.88 bits per heavy atom. The Hall–Kier alpha value is -2.18. The molecule has 26 heavy (non-hydrogen) atoms. The summed E-state index contributed by atoms with van der Waals surface area (Å²) in [4.78, 5) is 12.7. The van der Waals surface area contributed by atoms with E-state index in [4.69, 9.17) is 0 Å². The Balaban J connectivity index is 1.49. The number of hydrogen-bond acceptors (Lipinski definition) is 3. The zero-order valence-corrected chi connectivity index (χ0v) is 15.6. The summed E-state index contributed by atoms with van der Waals surface area (Å²) in [6, 6.07) is 14.0. The fourth-order valence-electron chi connectivity index (χ4n) is 3.92. The van der Waals surface area contributed by atoms with Gasteiger partial charge < -0.3 is 5.32 Å². The van der Waals surface area contributed by atoms with Crippen LogP contribution in [0.3, 0.4) is 0 Å². The molecule has 1 amide bonds. The van der Waals surface area contributed by atoms with E-state index in [1.165, 1.54) is 32.8 Å². The molecule has 2 aromatic carbocycles. The van der Waals surface area contributed by atoms with Crippen molar-refractivity contribution in [3.8, 4) is 11.1 Å². The van der Waals surface area contributed by atoms with Crippen LogP contribution in [0.15, 0.2) is 42.5 Å².